The van der Waals surface area contributed by atoms with Crippen LogP contribution in [-0.2, 0) is 24.8 Å². The van der Waals surface area contributed by atoms with Crippen molar-refractivity contribution >= 4 is 5.91 Å². The topological polar surface area (TPSA) is 41.4 Å². The molecule has 2 heterocycles. The lowest BCUT2D eigenvalue weighted by Gasteiger charge is -2.21. The molecule has 0 atom stereocenters. The Labute approximate surface area is 148 Å². The molecule has 25 heavy (non-hydrogen) atoms. The summed E-state index contributed by atoms with van der Waals surface area (Å²) in [6, 6.07) is 6.68. The molecule has 5 nitrogen and oxygen atoms in total. The van der Waals surface area contributed by atoms with Gasteiger partial charge in [0.05, 0.1) is 6.20 Å². The Hall–Kier alpha value is -2.21. The predicted octanol–water partition coefficient (Wildman–Crippen LogP) is 2.23. The van der Waals surface area contributed by atoms with Gasteiger partial charge < -0.3 is 4.90 Å². The summed E-state index contributed by atoms with van der Waals surface area (Å²) in [5.41, 5.74) is 1.81. The molecule has 1 saturated heterocycles. The van der Waals surface area contributed by atoms with Crippen molar-refractivity contribution in [1.29, 1.82) is 0 Å². The van der Waals surface area contributed by atoms with E-state index < -0.39 is 0 Å². The van der Waals surface area contributed by atoms with Crippen molar-refractivity contribution in [3.8, 4) is 0 Å². The van der Waals surface area contributed by atoms with Crippen LogP contribution in [0.4, 0.5) is 4.39 Å². The Morgan fingerprint density at radius 3 is 2.80 bits per heavy atom. The Bertz CT molecular complexity index is 715. The Morgan fingerprint density at radius 2 is 2.04 bits per heavy atom. The quantitative estimate of drug-likeness (QED) is 0.835. The highest BCUT2D eigenvalue weighted by Gasteiger charge is 2.19. The maximum Gasteiger partial charge on any atom is 0.222 e. The number of carbonyl (C=O) groups is 1. The second-order valence-corrected chi connectivity index (χ2v) is 6.62. The van der Waals surface area contributed by atoms with E-state index >= 15 is 0 Å². The number of aryl methyl sites for hydroxylation is 2. The van der Waals surface area contributed by atoms with Gasteiger partial charge in [-0.15, -0.1) is 0 Å². The third-order valence-electron chi connectivity index (χ3n) is 4.67. The number of hydrogen-bond acceptors (Lipinski definition) is 3. The second-order valence-electron chi connectivity index (χ2n) is 6.62. The van der Waals surface area contributed by atoms with Crippen LogP contribution in [0, 0.1) is 5.82 Å². The number of carbonyl (C=O) groups excluding carboxylic acids is 1. The molecule has 3 rings (SSSR count). The first-order chi connectivity index (χ1) is 12.1. The molecule has 0 saturated carbocycles. The number of benzene rings is 1. The van der Waals surface area contributed by atoms with Crippen LogP contribution in [0.15, 0.2) is 36.7 Å². The van der Waals surface area contributed by atoms with Gasteiger partial charge in [-0.3, -0.25) is 14.4 Å². The van der Waals surface area contributed by atoms with Crippen molar-refractivity contribution in [2.45, 2.75) is 25.8 Å². The summed E-state index contributed by atoms with van der Waals surface area (Å²) < 4.78 is 15.5. The van der Waals surface area contributed by atoms with Gasteiger partial charge in [-0.25, -0.2) is 4.39 Å². The maximum absolute atomic E-state index is 13.7. The molecule has 0 N–H and O–H groups in total. The van der Waals surface area contributed by atoms with Gasteiger partial charge in [-0.2, -0.15) is 5.10 Å². The molecule has 134 valence electrons. The van der Waals surface area contributed by atoms with E-state index in [9.17, 15) is 9.18 Å². The van der Waals surface area contributed by atoms with Crippen LogP contribution in [-0.4, -0.2) is 51.7 Å². The van der Waals surface area contributed by atoms with E-state index in [1.54, 1.807) is 12.1 Å². The van der Waals surface area contributed by atoms with Crippen LogP contribution < -0.4 is 0 Å². The number of amides is 1. The highest BCUT2D eigenvalue weighted by Crippen LogP contribution is 2.12. The van der Waals surface area contributed by atoms with Crippen LogP contribution in [0.2, 0.25) is 0 Å². The third-order valence-corrected chi connectivity index (χ3v) is 4.67. The van der Waals surface area contributed by atoms with Crippen molar-refractivity contribution in [3.05, 3.63) is 53.6 Å². The second kappa shape index (κ2) is 8.25. The van der Waals surface area contributed by atoms with Gasteiger partial charge in [0.2, 0.25) is 5.91 Å². The van der Waals surface area contributed by atoms with Gasteiger partial charge in [0, 0.05) is 58.0 Å². The van der Waals surface area contributed by atoms with Gasteiger partial charge >= 0.3 is 0 Å². The summed E-state index contributed by atoms with van der Waals surface area (Å²) in [6.07, 6.45) is 5.71. The van der Waals surface area contributed by atoms with Crippen LogP contribution in [0.25, 0.3) is 0 Å². The first-order valence-electron chi connectivity index (χ1n) is 8.83. The molecule has 6 heteroatoms. The fourth-order valence-electron chi connectivity index (χ4n) is 3.29. The van der Waals surface area contributed by atoms with E-state index in [1.165, 1.54) is 11.6 Å². The minimum absolute atomic E-state index is 0.117. The highest BCUT2D eigenvalue weighted by molar-refractivity contribution is 5.76. The molecule has 1 aliphatic heterocycles. The SMILES string of the molecule is Cn1cc(CN2CCCN(C(=O)CCc3ccccc3F)CC2)cn1. The third kappa shape index (κ3) is 4.89. The highest BCUT2D eigenvalue weighted by atomic mass is 19.1. The summed E-state index contributed by atoms with van der Waals surface area (Å²) in [5, 5.41) is 4.20. The van der Waals surface area contributed by atoms with Gasteiger partial charge in [-0.05, 0) is 24.5 Å². The number of halogens is 1. The van der Waals surface area contributed by atoms with Gasteiger partial charge in [0.1, 0.15) is 5.82 Å². The van der Waals surface area contributed by atoms with Crippen LogP contribution in [0.5, 0.6) is 0 Å². The maximum atomic E-state index is 13.7. The number of rotatable bonds is 5. The first-order valence-corrected chi connectivity index (χ1v) is 8.83. The molecule has 0 unspecified atom stereocenters. The predicted molar refractivity (Wildman–Crippen MR) is 94.4 cm³/mol. The van der Waals surface area contributed by atoms with E-state index in [1.807, 2.05) is 35.1 Å². The van der Waals surface area contributed by atoms with E-state index in [0.29, 0.717) is 18.4 Å². The molecule has 0 spiro atoms. The lowest BCUT2D eigenvalue weighted by Crippen LogP contribution is -2.35. The summed E-state index contributed by atoms with van der Waals surface area (Å²) in [7, 11) is 1.92. The lowest BCUT2D eigenvalue weighted by molar-refractivity contribution is -0.131. The molecule has 0 aliphatic carbocycles. The van der Waals surface area contributed by atoms with Crippen LogP contribution >= 0.6 is 0 Å². The zero-order valence-corrected chi connectivity index (χ0v) is 14.7. The molecule has 0 bridgehead atoms. The minimum atomic E-state index is -0.228. The number of nitrogens with zero attached hydrogens (tertiary/aromatic N) is 4. The minimum Gasteiger partial charge on any atom is -0.341 e. The summed E-state index contributed by atoms with van der Waals surface area (Å²) in [6.45, 7) is 4.22. The van der Waals surface area contributed by atoms with Gasteiger partial charge in [0.15, 0.2) is 0 Å². The standard InChI is InChI=1S/C19H25FN4O/c1-22-14-16(13-21-22)15-23-9-4-10-24(12-11-23)19(25)8-7-17-5-2-3-6-18(17)20/h2-3,5-6,13-14H,4,7-12,15H2,1H3. The molecule has 1 aromatic carbocycles. The summed E-state index contributed by atoms with van der Waals surface area (Å²) >= 11 is 0. The average molecular weight is 344 g/mol. The van der Waals surface area contributed by atoms with Crippen molar-refractivity contribution in [2.75, 3.05) is 26.2 Å². The molecular formula is C19H25FN4O. The van der Waals surface area contributed by atoms with E-state index in [2.05, 4.69) is 10.00 Å². The zero-order chi connectivity index (χ0) is 17.6. The number of aromatic nitrogens is 2. The van der Waals surface area contributed by atoms with Crippen molar-refractivity contribution in [2.24, 2.45) is 7.05 Å². The Balaban J connectivity index is 1.48. The normalized spacial score (nSPS) is 16.0. The molecule has 1 aliphatic rings. The largest absolute Gasteiger partial charge is 0.341 e. The van der Waals surface area contributed by atoms with E-state index in [4.69, 9.17) is 0 Å². The fraction of sp³-hybridized carbons (Fsp3) is 0.474. The molecule has 1 aromatic heterocycles. The smallest absolute Gasteiger partial charge is 0.222 e. The molecular weight excluding hydrogens is 319 g/mol. The summed E-state index contributed by atoms with van der Waals surface area (Å²) in [5.74, 6) is -0.111. The fourth-order valence-corrected chi connectivity index (χ4v) is 3.29. The number of hydrogen-bond donors (Lipinski definition) is 0. The molecule has 0 radical (unpaired) electrons. The Morgan fingerprint density at radius 1 is 1.20 bits per heavy atom. The first kappa shape index (κ1) is 17.6. The Kier molecular flexibility index (Phi) is 5.81. The van der Waals surface area contributed by atoms with E-state index in [0.717, 1.165) is 39.1 Å². The molecule has 2 aromatic rings. The van der Waals surface area contributed by atoms with Crippen molar-refractivity contribution in [3.63, 3.8) is 0 Å². The molecule has 1 amide bonds. The zero-order valence-electron chi connectivity index (χ0n) is 14.7. The lowest BCUT2D eigenvalue weighted by atomic mass is 10.1. The van der Waals surface area contributed by atoms with Crippen LogP contribution in [0.1, 0.15) is 24.0 Å². The van der Waals surface area contributed by atoms with Crippen LogP contribution in [0.3, 0.4) is 0 Å². The monoisotopic (exact) mass is 344 g/mol. The van der Waals surface area contributed by atoms with Crippen molar-refractivity contribution < 1.29 is 9.18 Å². The summed E-state index contributed by atoms with van der Waals surface area (Å²) in [4.78, 5) is 16.8. The van der Waals surface area contributed by atoms with E-state index in [-0.39, 0.29) is 11.7 Å². The average Bonchev–Trinajstić information content (AvgIpc) is 2.87. The molecule has 1 fully saturated rings. The van der Waals surface area contributed by atoms with Gasteiger partial charge in [0.25, 0.3) is 0 Å². The van der Waals surface area contributed by atoms with Gasteiger partial charge in [-0.1, -0.05) is 18.2 Å². The van der Waals surface area contributed by atoms with Crippen molar-refractivity contribution in [1.82, 2.24) is 19.6 Å².